The highest BCUT2D eigenvalue weighted by Crippen LogP contribution is 2.17. The third kappa shape index (κ3) is 7.78. The van der Waals surface area contributed by atoms with Crippen molar-refractivity contribution in [2.75, 3.05) is 13.6 Å². The van der Waals surface area contributed by atoms with Crippen molar-refractivity contribution in [2.24, 2.45) is 5.92 Å². The zero-order valence-corrected chi connectivity index (χ0v) is 8.68. The maximum Gasteiger partial charge on any atom is 0.303 e. The van der Waals surface area contributed by atoms with Crippen molar-refractivity contribution >= 4 is 5.97 Å². The van der Waals surface area contributed by atoms with Crippen LogP contribution in [0, 0.1) is 5.92 Å². The normalized spacial score (nSPS) is 12.8. The fourth-order valence-electron chi connectivity index (χ4n) is 1.57. The maximum atomic E-state index is 10.5. The topological polar surface area (TPSA) is 49.3 Å². The molecule has 0 bridgehead atoms. The van der Waals surface area contributed by atoms with Gasteiger partial charge in [0.25, 0.3) is 0 Å². The van der Waals surface area contributed by atoms with E-state index in [1.807, 2.05) is 7.05 Å². The molecule has 0 aromatic carbocycles. The SMILES string of the molecule is CCCC(CCCNC)CC(=O)O. The fourth-order valence-corrected chi connectivity index (χ4v) is 1.57. The number of hydrogen-bond donors (Lipinski definition) is 2. The Morgan fingerprint density at radius 3 is 2.62 bits per heavy atom. The summed E-state index contributed by atoms with van der Waals surface area (Å²) in [5.74, 6) is -0.293. The van der Waals surface area contributed by atoms with Gasteiger partial charge < -0.3 is 10.4 Å². The van der Waals surface area contributed by atoms with E-state index in [0.29, 0.717) is 12.3 Å². The van der Waals surface area contributed by atoms with Crippen molar-refractivity contribution in [2.45, 2.75) is 39.0 Å². The van der Waals surface area contributed by atoms with Crippen LogP contribution in [0.3, 0.4) is 0 Å². The third-order valence-electron chi connectivity index (χ3n) is 2.20. The molecule has 0 saturated heterocycles. The number of carboxylic acid groups (broad SMARTS) is 1. The van der Waals surface area contributed by atoms with Crippen LogP contribution in [0.1, 0.15) is 39.0 Å². The molecule has 13 heavy (non-hydrogen) atoms. The lowest BCUT2D eigenvalue weighted by Gasteiger charge is -2.12. The number of carboxylic acids is 1. The predicted molar refractivity (Wildman–Crippen MR) is 53.8 cm³/mol. The van der Waals surface area contributed by atoms with Gasteiger partial charge in [-0.1, -0.05) is 19.8 Å². The standard InChI is InChI=1S/C10H21NO2/c1-3-5-9(8-10(12)13)6-4-7-11-2/h9,11H,3-8H2,1-2H3,(H,12,13). The van der Waals surface area contributed by atoms with Crippen molar-refractivity contribution in [3.63, 3.8) is 0 Å². The average Bonchev–Trinajstić information content (AvgIpc) is 2.04. The molecule has 0 aliphatic carbocycles. The summed E-state index contributed by atoms with van der Waals surface area (Å²) in [4.78, 5) is 10.5. The van der Waals surface area contributed by atoms with Gasteiger partial charge in [0.15, 0.2) is 0 Å². The van der Waals surface area contributed by atoms with E-state index in [0.717, 1.165) is 32.2 Å². The second-order valence-electron chi connectivity index (χ2n) is 3.50. The fraction of sp³-hybridized carbons (Fsp3) is 0.900. The van der Waals surface area contributed by atoms with Crippen molar-refractivity contribution in [3.8, 4) is 0 Å². The summed E-state index contributed by atoms with van der Waals surface area (Å²) >= 11 is 0. The van der Waals surface area contributed by atoms with E-state index < -0.39 is 5.97 Å². The van der Waals surface area contributed by atoms with Crippen LogP contribution in [0.15, 0.2) is 0 Å². The minimum absolute atomic E-state index is 0.331. The molecule has 78 valence electrons. The summed E-state index contributed by atoms with van der Waals surface area (Å²) in [6.45, 7) is 3.09. The Hall–Kier alpha value is -0.570. The molecule has 3 heteroatoms. The van der Waals surface area contributed by atoms with E-state index in [1.54, 1.807) is 0 Å². The second-order valence-corrected chi connectivity index (χ2v) is 3.50. The second kappa shape index (κ2) is 8.05. The summed E-state index contributed by atoms with van der Waals surface area (Å²) in [6.07, 6.45) is 4.56. The van der Waals surface area contributed by atoms with Crippen LogP contribution < -0.4 is 5.32 Å². The van der Waals surface area contributed by atoms with Crippen LogP contribution in [0.4, 0.5) is 0 Å². The molecule has 0 saturated carbocycles. The summed E-state index contributed by atoms with van der Waals surface area (Å²) < 4.78 is 0. The molecule has 1 atom stereocenters. The highest BCUT2D eigenvalue weighted by atomic mass is 16.4. The quantitative estimate of drug-likeness (QED) is 0.570. The molecule has 0 rings (SSSR count). The van der Waals surface area contributed by atoms with Gasteiger partial charge in [0.05, 0.1) is 0 Å². The van der Waals surface area contributed by atoms with E-state index in [1.165, 1.54) is 0 Å². The zero-order valence-electron chi connectivity index (χ0n) is 8.68. The Kier molecular flexibility index (Phi) is 7.69. The summed E-state index contributed by atoms with van der Waals surface area (Å²) in [6, 6.07) is 0. The molecular formula is C10H21NO2. The molecule has 2 N–H and O–H groups in total. The van der Waals surface area contributed by atoms with Gasteiger partial charge in [-0.25, -0.2) is 0 Å². The van der Waals surface area contributed by atoms with Gasteiger partial charge in [-0.05, 0) is 32.4 Å². The van der Waals surface area contributed by atoms with Crippen LogP contribution in [0.2, 0.25) is 0 Å². The molecule has 0 aromatic heterocycles. The third-order valence-corrected chi connectivity index (χ3v) is 2.20. The van der Waals surface area contributed by atoms with Crippen LogP contribution >= 0.6 is 0 Å². The molecule has 0 aromatic rings. The number of rotatable bonds is 8. The molecule has 0 aliphatic heterocycles. The first kappa shape index (κ1) is 12.4. The lowest BCUT2D eigenvalue weighted by molar-refractivity contribution is -0.138. The largest absolute Gasteiger partial charge is 0.481 e. The van der Waals surface area contributed by atoms with Crippen LogP contribution in [0.5, 0.6) is 0 Å². The Balaban J connectivity index is 3.59. The van der Waals surface area contributed by atoms with Gasteiger partial charge in [0.1, 0.15) is 0 Å². The Labute approximate surface area is 80.5 Å². The van der Waals surface area contributed by atoms with E-state index in [-0.39, 0.29) is 0 Å². The minimum Gasteiger partial charge on any atom is -0.481 e. The Morgan fingerprint density at radius 2 is 2.15 bits per heavy atom. The monoisotopic (exact) mass is 187 g/mol. The van der Waals surface area contributed by atoms with Crippen molar-refractivity contribution in [3.05, 3.63) is 0 Å². The first-order valence-electron chi connectivity index (χ1n) is 5.07. The number of hydrogen-bond acceptors (Lipinski definition) is 2. The first-order valence-corrected chi connectivity index (χ1v) is 5.07. The number of carbonyl (C=O) groups is 1. The molecular weight excluding hydrogens is 166 g/mol. The lowest BCUT2D eigenvalue weighted by Crippen LogP contribution is -2.12. The molecule has 0 aliphatic rings. The van der Waals surface area contributed by atoms with E-state index >= 15 is 0 Å². The predicted octanol–water partition coefficient (Wildman–Crippen LogP) is 1.88. The summed E-state index contributed by atoms with van der Waals surface area (Å²) in [7, 11) is 1.92. The van der Waals surface area contributed by atoms with E-state index in [2.05, 4.69) is 12.2 Å². The van der Waals surface area contributed by atoms with Gasteiger partial charge in [0.2, 0.25) is 0 Å². The van der Waals surface area contributed by atoms with E-state index in [9.17, 15) is 4.79 Å². The first-order chi connectivity index (χ1) is 6.20. The van der Waals surface area contributed by atoms with Crippen molar-refractivity contribution < 1.29 is 9.90 Å². The van der Waals surface area contributed by atoms with Gasteiger partial charge in [-0.15, -0.1) is 0 Å². The van der Waals surface area contributed by atoms with Gasteiger partial charge in [0, 0.05) is 6.42 Å². The van der Waals surface area contributed by atoms with Gasteiger partial charge >= 0.3 is 5.97 Å². The van der Waals surface area contributed by atoms with Gasteiger partial charge in [-0.3, -0.25) is 4.79 Å². The van der Waals surface area contributed by atoms with Crippen molar-refractivity contribution in [1.29, 1.82) is 0 Å². The molecule has 0 heterocycles. The highest BCUT2D eigenvalue weighted by molar-refractivity contribution is 5.66. The minimum atomic E-state index is -0.664. The Morgan fingerprint density at radius 1 is 1.46 bits per heavy atom. The molecule has 1 unspecified atom stereocenters. The summed E-state index contributed by atoms with van der Waals surface area (Å²) in [5, 5.41) is 11.7. The summed E-state index contributed by atoms with van der Waals surface area (Å²) in [5.41, 5.74) is 0. The van der Waals surface area contributed by atoms with Gasteiger partial charge in [-0.2, -0.15) is 0 Å². The lowest BCUT2D eigenvalue weighted by atomic mass is 9.94. The highest BCUT2D eigenvalue weighted by Gasteiger charge is 2.11. The van der Waals surface area contributed by atoms with Crippen LogP contribution in [-0.4, -0.2) is 24.7 Å². The smallest absolute Gasteiger partial charge is 0.303 e. The molecule has 0 radical (unpaired) electrons. The molecule has 3 nitrogen and oxygen atoms in total. The van der Waals surface area contributed by atoms with Crippen LogP contribution in [-0.2, 0) is 4.79 Å². The molecule has 0 amide bonds. The van der Waals surface area contributed by atoms with Crippen LogP contribution in [0.25, 0.3) is 0 Å². The number of aliphatic carboxylic acids is 1. The Bertz CT molecular complexity index is 137. The molecule has 0 spiro atoms. The maximum absolute atomic E-state index is 10.5. The number of nitrogens with one attached hydrogen (secondary N) is 1. The zero-order chi connectivity index (χ0) is 10.1. The molecule has 0 fully saturated rings. The van der Waals surface area contributed by atoms with E-state index in [4.69, 9.17) is 5.11 Å². The average molecular weight is 187 g/mol. The van der Waals surface area contributed by atoms with Crippen molar-refractivity contribution in [1.82, 2.24) is 5.32 Å².